The van der Waals surface area contributed by atoms with Gasteiger partial charge in [-0.25, -0.2) is 13.1 Å². The van der Waals surface area contributed by atoms with Crippen LogP contribution in [0.3, 0.4) is 0 Å². The Bertz CT molecular complexity index is 629. The summed E-state index contributed by atoms with van der Waals surface area (Å²) in [6.45, 7) is 0.0294. The third kappa shape index (κ3) is 3.65. The molecule has 0 atom stereocenters. The molecule has 0 aliphatic heterocycles. The molecule has 0 saturated heterocycles. The van der Waals surface area contributed by atoms with E-state index in [0.717, 1.165) is 12.8 Å². The number of sulfonamides is 1. The number of benzene rings is 1. The Kier molecular flexibility index (Phi) is 5.10. The molecule has 0 radical (unpaired) electrons. The summed E-state index contributed by atoms with van der Waals surface area (Å²) in [5.41, 5.74) is 0.344. The van der Waals surface area contributed by atoms with E-state index in [2.05, 4.69) is 4.72 Å². The third-order valence-corrected chi connectivity index (χ3v) is 6.63. The van der Waals surface area contributed by atoms with Crippen molar-refractivity contribution in [2.45, 2.75) is 29.1 Å². The van der Waals surface area contributed by atoms with E-state index in [9.17, 15) is 13.5 Å². The Hall–Kier alpha value is -0.470. The van der Waals surface area contributed by atoms with Crippen molar-refractivity contribution in [1.29, 1.82) is 0 Å². The van der Waals surface area contributed by atoms with Crippen LogP contribution >= 0.6 is 23.4 Å². The fourth-order valence-electron chi connectivity index (χ4n) is 2.07. The van der Waals surface area contributed by atoms with E-state index in [-0.39, 0.29) is 27.0 Å². The van der Waals surface area contributed by atoms with Crippen molar-refractivity contribution in [3.8, 4) is 5.75 Å². The summed E-state index contributed by atoms with van der Waals surface area (Å²) in [6.07, 6.45) is 3.99. The number of ether oxygens (including phenoxy) is 1. The molecule has 1 aromatic rings. The molecule has 0 unspecified atom stereocenters. The van der Waals surface area contributed by atoms with Crippen molar-refractivity contribution in [2.24, 2.45) is 0 Å². The Labute approximate surface area is 134 Å². The van der Waals surface area contributed by atoms with E-state index < -0.39 is 10.0 Å². The molecule has 0 bridgehead atoms. The number of hydrogen-bond acceptors (Lipinski definition) is 5. The number of methoxy groups -OCH3 is 1. The lowest BCUT2D eigenvalue weighted by molar-refractivity contribution is 0.272. The zero-order valence-electron chi connectivity index (χ0n) is 11.8. The zero-order chi connectivity index (χ0) is 15.7. The van der Waals surface area contributed by atoms with Crippen molar-refractivity contribution in [3.63, 3.8) is 0 Å². The largest absolute Gasteiger partial charge is 0.495 e. The van der Waals surface area contributed by atoms with Gasteiger partial charge in [-0.3, -0.25) is 0 Å². The second kappa shape index (κ2) is 6.34. The molecule has 0 spiro atoms. The second-order valence-electron chi connectivity index (χ2n) is 4.97. The van der Waals surface area contributed by atoms with Gasteiger partial charge in [0.1, 0.15) is 10.6 Å². The van der Waals surface area contributed by atoms with Crippen molar-refractivity contribution in [3.05, 3.63) is 22.7 Å². The van der Waals surface area contributed by atoms with Gasteiger partial charge in [-0.1, -0.05) is 11.6 Å². The summed E-state index contributed by atoms with van der Waals surface area (Å²) in [4.78, 5) is -0.0431. The standard InChI is InChI=1S/C13H18ClNO4S2/c1-19-12-9(7-16)5-10(14)6-11(12)21(17,18)15-8-13(20-2)3-4-13/h5-6,15-16H,3-4,7-8H2,1-2H3. The predicted molar refractivity (Wildman–Crippen MR) is 84.6 cm³/mol. The number of thioether (sulfide) groups is 1. The molecule has 1 aromatic carbocycles. The van der Waals surface area contributed by atoms with Crippen LogP contribution in [-0.4, -0.2) is 38.2 Å². The highest BCUT2D eigenvalue weighted by molar-refractivity contribution is 8.00. The molecule has 0 amide bonds. The highest BCUT2D eigenvalue weighted by Crippen LogP contribution is 2.46. The summed E-state index contributed by atoms with van der Waals surface area (Å²) in [7, 11) is -2.38. The topological polar surface area (TPSA) is 75.6 Å². The minimum atomic E-state index is -3.75. The van der Waals surface area contributed by atoms with E-state index >= 15 is 0 Å². The fourth-order valence-corrected chi connectivity index (χ4v) is 4.55. The van der Waals surface area contributed by atoms with E-state index in [1.54, 1.807) is 11.8 Å². The summed E-state index contributed by atoms with van der Waals surface area (Å²) in [5, 5.41) is 9.56. The second-order valence-corrected chi connectivity index (χ2v) is 8.41. The normalized spacial score (nSPS) is 16.8. The lowest BCUT2D eigenvalue weighted by Gasteiger charge is -2.16. The summed E-state index contributed by atoms with van der Waals surface area (Å²) >= 11 is 7.60. The minimum Gasteiger partial charge on any atom is -0.495 e. The first kappa shape index (κ1) is 16.9. The minimum absolute atomic E-state index is 0.0126. The fraction of sp³-hybridized carbons (Fsp3) is 0.538. The molecule has 1 fully saturated rings. The van der Waals surface area contributed by atoms with Gasteiger partial charge in [0.05, 0.1) is 13.7 Å². The Morgan fingerprint density at radius 3 is 2.62 bits per heavy atom. The van der Waals surface area contributed by atoms with E-state index in [4.69, 9.17) is 16.3 Å². The maximum Gasteiger partial charge on any atom is 0.244 e. The molecule has 118 valence electrons. The smallest absolute Gasteiger partial charge is 0.244 e. The molecule has 1 aliphatic rings. The first-order chi connectivity index (χ1) is 9.87. The number of aliphatic hydroxyl groups is 1. The van der Waals surface area contributed by atoms with Gasteiger partial charge in [0.25, 0.3) is 0 Å². The van der Waals surface area contributed by atoms with Crippen LogP contribution in [0.25, 0.3) is 0 Å². The number of aliphatic hydroxyl groups excluding tert-OH is 1. The van der Waals surface area contributed by atoms with E-state index in [0.29, 0.717) is 12.1 Å². The monoisotopic (exact) mass is 351 g/mol. The number of hydrogen-bond donors (Lipinski definition) is 2. The van der Waals surface area contributed by atoms with E-state index in [1.165, 1.54) is 19.2 Å². The highest BCUT2D eigenvalue weighted by atomic mass is 35.5. The van der Waals surface area contributed by atoms with Crippen LogP contribution in [0.15, 0.2) is 17.0 Å². The van der Waals surface area contributed by atoms with Gasteiger partial charge in [0, 0.05) is 21.9 Å². The molecule has 8 heteroatoms. The number of nitrogens with one attached hydrogen (secondary N) is 1. The van der Waals surface area contributed by atoms with Gasteiger partial charge in [-0.15, -0.1) is 0 Å². The zero-order valence-corrected chi connectivity index (χ0v) is 14.2. The first-order valence-corrected chi connectivity index (χ1v) is 9.48. The van der Waals surface area contributed by atoms with Gasteiger partial charge in [-0.2, -0.15) is 11.8 Å². The Balaban J connectivity index is 2.32. The molecular weight excluding hydrogens is 334 g/mol. The van der Waals surface area contributed by atoms with Crippen LogP contribution < -0.4 is 9.46 Å². The highest BCUT2D eigenvalue weighted by Gasteiger charge is 2.42. The molecule has 21 heavy (non-hydrogen) atoms. The first-order valence-electron chi connectivity index (χ1n) is 6.39. The van der Waals surface area contributed by atoms with Gasteiger partial charge >= 0.3 is 0 Å². The lowest BCUT2D eigenvalue weighted by Crippen LogP contribution is -2.32. The van der Waals surface area contributed by atoms with Crippen LogP contribution in [0.4, 0.5) is 0 Å². The van der Waals surface area contributed by atoms with Gasteiger partial charge in [0.15, 0.2) is 0 Å². The SMILES string of the molecule is COc1c(CO)cc(Cl)cc1S(=O)(=O)NCC1(SC)CC1. The van der Waals surface area contributed by atoms with Crippen LogP contribution in [-0.2, 0) is 16.6 Å². The summed E-state index contributed by atoms with van der Waals surface area (Å²) in [6, 6.07) is 2.82. The van der Waals surface area contributed by atoms with Crippen molar-refractivity contribution in [2.75, 3.05) is 19.9 Å². The molecule has 5 nitrogen and oxygen atoms in total. The molecular formula is C13H18ClNO4S2. The molecule has 0 heterocycles. The van der Waals surface area contributed by atoms with Crippen LogP contribution in [0, 0.1) is 0 Å². The molecule has 1 saturated carbocycles. The van der Waals surface area contributed by atoms with Crippen LogP contribution in [0.2, 0.25) is 5.02 Å². The average molecular weight is 352 g/mol. The Morgan fingerprint density at radius 1 is 1.48 bits per heavy atom. The predicted octanol–water partition coefficient (Wildman–Crippen LogP) is 2.01. The summed E-state index contributed by atoms with van der Waals surface area (Å²) in [5.74, 6) is 0.128. The van der Waals surface area contributed by atoms with Gasteiger partial charge < -0.3 is 9.84 Å². The molecule has 0 aromatic heterocycles. The molecule has 2 N–H and O–H groups in total. The van der Waals surface area contributed by atoms with E-state index in [1.807, 2.05) is 6.26 Å². The number of rotatable bonds is 7. The Morgan fingerprint density at radius 2 is 2.14 bits per heavy atom. The van der Waals surface area contributed by atoms with Crippen molar-refractivity contribution < 1.29 is 18.3 Å². The van der Waals surface area contributed by atoms with Crippen molar-refractivity contribution in [1.82, 2.24) is 4.72 Å². The maximum atomic E-state index is 12.5. The molecule has 2 rings (SSSR count). The van der Waals surface area contributed by atoms with Gasteiger partial charge in [0.2, 0.25) is 10.0 Å². The number of halogens is 1. The quantitative estimate of drug-likeness (QED) is 0.786. The van der Waals surface area contributed by atoms with Crippen LogP contribution in [0.1, 0.15) is 18.4 Å². The van der Waals surface area contributed by atoms with Crippen molar-refractivity contribution >= 4 is 33.4 Å². The van der Waals surface area contributed by atoms with Crippen LogP contribution in [0.5, 0.6) is 5.75 Å². The molecule has 1 aliphatic carbocycles. The average Bonchev–Trinajstić information content (AvgIpc) is 3.25. The lowest BCUT2D eigenvalue weighted by atomic mass is 10.2. The third-order valence-electron chi connectivity index (χ3n) is 3.59. The maximum absolute atomic E-state index is 12.5. The van der Waals surface area contributed by atoms with Gasteiger partial charge in [-0.05, 0) is 31.2 Å². The summed E-state index contributed by atoms with van der Waals surface area (Å²) < 4.78 is 32.7.